The minimum absolute atomic E-state index is 0.111. The first-order valence-electron chi connectivity index (χ1n) is 12.3. The summed E-state index contributed by atoms with van der Waals surface area (Å²) in [5.74, 6) is 0.762. The van der Waals surface area contributed by atoms with Crippen LogP contribution in [0, 0.1) is 11.8 Å². The van der Waals surface area contributed by atoms with Crippen LogP contribution < -0.4 is 26.2 Å². The number of nitrogen functional groups attached to an aromatic ring is 1. The predicted octanol–water partition coefficient (Wildman–Crippen LogP) is 1.49. The lowest BCUT2D eigenvalue weighted by Crippen LogP contribution is -2.60. The largest absolute Gasteiger partial charge is 0.384 e. The Kier molecular flexibility index (Phi) is 4.90. The van der Waals surface area contributed by atoms with Gasteiger partial charge >= 0.3 is 0 Å². The molecule has 2 aromatic rings. The molecule has 0 radical (unpaired) electrons. The van der Waals surface area contributed by atoms with Crippen LogP contribution in [0.2, 0.25) is 0 Å². The third-order valence-electron chi connectivity index (χ3n) is 8.21. The van der Waals surface area contributed by atoms with Crippen molar-refractivity contribution < 1.29 is 14.4 Å². The van der Waals surface area contributed by atoms with Gasteiger partial charge < -0.3 is 16.0 Å². The van der Waals surface area contributed by atoms with Gasteiger partial charge in [0, 0.05) is 36.3 Å². The first-order chi connectivity index (χ1) is 16.8. The molecule has 4 N–H and O–H groups in total. The number of carbonyl (C=O) groups is 3. The molecule has 0 spiro atoms. The standard InChI is InChI=1S/C26H30N6O3/c1-26(2)22-17(4-3-5-18(22)32(25(26)35)19-7-9-21(33)30-24(19)34)31-13-16(15-10-28-11-15)23(31)14-6-8-20(27)29-12-14/h3-6,8,12,15-16,19,23,28H,7,9-11,13H2,1-2H3,(H2,27,29)(H,30,33,34)/t16?,19?,23-/m0/s1. The van der Waals surface area contributed by atoms with E-state index in [1.807, 2.05) is 44.3 Å². The van der Waals surface area contributed by atoms with Crippen molar-refractivity contribution in [2.75, 3.05) is 35.2 Å². The number of nitrogens with two attached hydrogens (primary N) is 1. The normalized spacial score (nSPS) is 27.8. The first kappa shape index (κ1) is 22.0. The summed E-state index contributed by atoms with van der Waals surface area (Å²) in [6.45, 7) is 6.77. The Bertz CT molecular complexity index is 1220. The van der Waals surface area contributed by atoms with Crippen LogP contribution in [0.1, 0.15) is 43.9 Å². The summed E-state index contributed by atoms with van der Waals surface area (Å²) in [6, 6.07) is 9.30. The quantitative estimate of drug-likeness (QED) is 0.574. The molecule has 9 nitrogen and oxygen atoms in total. The molecule has 5 heterocycles. The Labute approximate surface area is 204 Å². The number of nitrogens with one attached hydrogen (secondary N) is 2. The SMILES string of the molecule is CC1(C)C(=O)N(C2CCC(=O)NC2=O)c2cccc(N3CC(C4CNC4)[C@@H]3c3ccc(N)nc3)c21. The number of benzene rings is 1. The zero-order chi connectivity index (χ0) is 24.5. The molecule has 2 unspecified atom stereocenters. The van der Waals surface area contributed by atoms with Gasteiger partial charge in [-0.15, -0.1) is 0 Å². The fraction of sp³-hybridized carbons (Fsp3) is 0.462. The van der Waals surface area contributed by atoms with E-state index in [1.165, 1.54) is 0 Å². The van der Waals surface area contributed by atoms with Crippen molar-refractivity contribution in [3.8, 4) is 0 Å². The number of piperidine rings is 1. The van der Waals surface area contributed by atoms with Crippen LogP contribution in [0.3, 0.4) is 0 Å². The zero-order valence-corrected chi connectivity index (χ0v) is 20.0. The third-order valence-corrected chi connectivity index (χ3v) is 8.21. The number of nitrogens with zero attached hydrogens (tertiary/aromatic N) is 3. The van der Waals surface area contributed by atoms with E-state index < -0.39 is 17.4 Å². The van der Waals surface area contributed by atoms with Gasteiger partial charge in [0.25, 0.3) is 0 Å². The van der Waals surface area contributed by atoms with Crippen molar-refractivity contribution in [1.82, 2.24) is 15.6 Å². The van der Waals surface area contributed by atoms with Crippen molar-refractivity contribution in [2.24, 2.45) is 11.8 Å². The minimum atomic E-state index is -0.805. The van der Waals surface area contributed by atoms with Gasteiger partial charge in [-0.05, 0) is 63.0 Å². The molecule has 3 atom stereocenters. The van der Waals surface area contributed by atoms with Gasteiger partial charge in [0.15, 0.2) is 0 Å². The number of pyridine rings is 1. The first-order valence-corrected chi connectivity index (χ1v) is 12.3. The fourth-order valence-electron chi connectivity index (χ4n) is 6.19. The molecule has 0 saturated carbocycles. The number of anilines is 3. The highest BCUT2D eigenvalue weighted by atomic mass is 16.2. The molecule has 6 rings (SSSR count). The monoisotopic (exact) mass is 474 g/mol. The lowest BCUT2D eigenvalue weighted by Gasteiger charge is -2.55. The molecule has 0 bridgehead atoms. The lowest BCUT2D eigenvalue weighted by molar-refractivity contribution is -0.136. The maximum Gasteiger partial charge on any atom is 0.249 e. The predicted molar refractivity (Wildman–Crippen MR) is 132 cm³/mol. The molecular weight excluding hydrogens is 444 g/mol. The van der Waals surface area contributed by atoms with E-state index in [0.717, 1.165) is 42.1 Å². The van der Waals surface area contributed by atoms with Crippen molar-refractivity contribution >= 4 is 34.9 Å². The molecule has 1 aromatic carbocycles. The van der Waals surface area contributed by atoms with Crippen molar-refractivity contribution in [1.29, 1.82) is 0 Å². The molecule has 182 valence electrons. The molecule has 3 amide bonds. The summed E-state index contributed by atoms with van der Waals surface area (Å²) >= 11 is 0. The Morgan fingerprint density at radius 3 is 2.51 bits per heavy atom. The Morgan fingerprint density at radius 2 is 1.86 bits per heavy atom. The molecule has 0 aliphatic carbocycles. The Hall–Kier alpha value is -3.46. The van der Waals surface area contributed by atoms with E-state index in [0.29, 0.717) is 24.1 Å². The molecular formula is C26H30N6O3. The number of rotatable bonds is 4. The van der Waals surface area contributed by atoms with Crippen LogP contribution in [0.25, 0.3) is 0 Å². The molecule has 3 fully saturated rings. The second kappa shape index (κ2) is 7.78. The lowest BCUT2D eigenvalue weighted by atomic mass is 9.72. The number of hydrogen-bond donors (Lipinski definition) is 3. The number of imide groups is 1. The maximum atomic E-state index is 13.7. The summed E-state index contributed by atoms with van der Waals surface area (Å²) in [6.07, 6.45) is 2.42. The maximum absolute atomic E-state index is 13.7. The average molecular weight is 475 g/mol. The van der Waals surface area contributed by atoms with E-state index in [2.05, 4.69) is 26.6 Å². The highest BCUT2D eigenvalue weighted by Crippen LogP contribution is 2.53. The summed E-state index contributed by atoms with van der Waals surface area (Å²) in [4.78, 5) is 46.5. The summed E-state index contributed by atoms with van der Waals surface area (Å²) in [7, 11) is 0. The van der Waals surface area contributed by atoms with Crippen molar-refractivity contribution in [3.05, 3.63) is 47.7 Å². The summed E-state index contributed by atoms with van der Waals surface area (Å²) in [5, 5.41) is 5.79. The number of amides is 3. The van der Waals surface area contributed by atoms with Gasteiger partial charge in [0.05, 0.1) is 17.1 Å². The van der Waals surface area contributed by atoms with Crippen LogP contribution in [-0.2, 0) is 19.8 Å². The van der Waals surface area contributed by atoms with Crippen LogP contribution in [-0.4, -0.2) is 48.4 Å². The van der Waals surface area contributed by atoms with E-state index >= 15 is 0 Å². The molecule has 1 aromatic heterocycles. The van der Waals surface area contributed by atoms with Crippen molar-refractivity contribution in [3.63, 3.8) is 0 Å². The second-order valence-electron chi connectivity index (χ2n) is 10.6. The molecule has 9 heteroatoms. The van der Waals surface area contributed by atoms with Gasteiger partial charge in [-0.3, -0.25) is 24.6 Å². The third kappa shape index (κ3) is 3.25. The highest BCUT2D eigenvalue weighted by Gasteiger charge is 2.53. The van der Waals surface area contributed by atoms with Crippen molar-refractivity contribution in [2.45, 2.75) is 44.2 Å². The molecule has 4 aliphatic rings. The van der Waals surface area contributed by atoms with Crippen LogP contribution >= 0.6 is 0 Å². The van der Waals surface area contributed by atoms with Crippen LogP contribution in [0.15, 0.2) is 36.5 Å². The molecule has 35 heavy (non-hydrogen) atoms. The smallest absolute Gasteiger partial charge is 0.249 e. The van der Waals surface area contributed by atoms with Gasteiger partial charge in [-0.2, -0.15) is 0 Å². The Morgan fingerprint density at radius 1 is 1.09 bits per heavy atom. The van der Waals surface area contributed by atoms with Gasteiger partial charge in [-0.1, -0.05) is 12.1 Å². The van der Waals surface area contributed by atoms with E-state index in [1.54, 1.807) is 4.90 Å². The zero-order valence-electron chi connectivity index (χ0n) is 20.0. The van der Waals surface area contributed by atoms with Gasteiger partial charge in [0.2, 0.25) is 17.7 Å². The highest BCUT2D eigenvalue weighted by molar-refractivity contribution is 6.14. The van der Waals surface area contributed by atoms with E-state index in [9.17, 15) is 14.4 Å². The summed E-state index contributed by atoms with van der Waals surface area (Å²) in [5.41, 5.74) is 8.89. The average Bonchev–Trinajstić information content (AvgIpc) is 2.97. The number of fused-ring (bicyclic) bond motifs is 1. The summed E-state index contributed by atoms with van der Waals surface area (Å²) < 4.78 is 0. The number of hydrogen-bond acceptors (Lipinski definition) is 7. The molecule has 4 aliphatic heterocycles. The van der Waals surface area contributed by atoms with Gasteiger partial charge in [0.1, 0.15) is 11.9 Å². The van der Waals surface area contributed by atoms with Gasteiger partial charge in [-0.25, -0.2) is 4.98 Å². The topological polar surface area (TPSA) is 121 Å². The van der Waals surface area contributed by atoms with Crippen LogP contribution in [0.5, 0.6) is 0 Å². The fourth-order valence-corrected chi connectivity index (χ4v) is 6.19. The minimum Gasteiger partial charge on any atom is -0.384 e. The van der Waals surface area contributed by atoms with E-state index in [4.69, 9.17) is 5.73 Å². The van der Waals surface area contributed by atoms with E-state index in [-0.39, 0.29) is 24.3 Å². The van der Waals surface area contributed by atoms with Crippen LogP contribution in [0.4, 0.5) is 17.2 Å². The number of carbonyl (C=O) groups excluding carboxylic acids is 3. The second-order valence-corrected chi connectivity index (χ2v) is 10.6. The Balaban J connectivity index is 1.41. The number of aromatic nitrogens is 1. The molecule has 3 saturated heterocycles.